The summed E-state index contributed by atoms with van der Waals surface area (Å²) in [5, 5.41) is 7.92. The molecule has 27 heavy (non-hydrogen) atoms. The molecule has 136 valence electrons. The van der Waals surface area contributed by atoms with Crippen LogP contribution in [0.4, 0.5) is 11.6 Å². The number of nitrogens with zero attached hydrogens (tertiary/aromatic N) is 4. The average molecular weight is 359 g/mol. The van der Waals surface area contributed by atoms with Gasteiger partial charge in [-0.3, -0.25) is 0 Å². The van der Waals surface area contributed by atoms with Crippen molar-refractivity contribution in [2.45, 2.75) is 19.8 Å². The van der Waals surface area contributed by atoms with E-state index in [9.17, 15) is 0 Å². The van der Waals surface area contributed by atoms with Crippen LogP contribution in [-0.4, -0.2) is 26.7 Å². The lowest BCUT2D eigenvalue weighted by atomic mass is 10.0. The molecule has 1 N–H and O–H groups in total. The summed E-state index contributed by atoms with van der Waals surface area (Å²) >= 11 is 0. The number of fused-ring (bicyclic) bond motifs is 1. The van der Waals surface area contributed by atoms with E-state index in [0.717, 1.165) is 28.5 Å². The minimum atomic E-state index is 0.121. The predicted molar refractivity (Wildman–Crippen MR) is 106 cm³/mol. The summed E-state index contributed by atoms with van der Waals surface area (Å²) in [6.45, 7) is 4.12. The largest absolute Gasteiger partial charge is 0.497 e. The van der Waals surface area contributed by atoms with Gasteiger partial charge in [-0.25, -0.2) is 14.5 Å². The molecular formula is C21H21N5O. The van der Waals surface area contributed by atoms with Gasteiger partial charge in [0, 0.05) is 11.6 Å². The zero-order chi connectivity index (χ0) is 18.8. The lowest BCUT2D eigenvalue weighted by molar-refractivity contribution is 0.415. The topological polar surface area (TPSA) is 64.3 Å². The highest BCUT2D eigenvalue weighted by Crippen LogP contribution is 2.25. The van der Waals surface area contributed by atoms with Crippen molar-refractivity contribution < 1.29 is 4.74 Å². The molecule has 4 rings (SSSR count). The monoisotopic (exact) mass is 359 g/mol. The first-order chi connectivity index (χ1) is 13.2. The van der Waals surface area contributed by atoms with Gasteiger partial charge in [0.1, 0.15) is 17.1 Å². The molecule has 4 aromatic rings. The molecule has 0 radical (unpaired) electrons. The fraction of sp³-hybridized carbons (Fsp3) is 0.190. The third kappa shape index (κ3) is 3.33. The number of ether oxygens (including phenoxy) is 1. The molecule has 6 heteroatoms. The maximum atomic E-state index is 5.19. The van der Waals surface area contributed by atoms with Gasteiger partial charge in [-0.2, -0.15) is 0 Å². The van der Waals surface area contributed by atoms with Crippen LogP contribution in [0.2, 0.25) is 0 Å². The summed E-state index contributed by atoms with van der Waals surface area (Å²) in [4.78, 5) is 9.19. The van der Waals surface area contributed by atoms with Gasteiger partial charge >= 0.3 is 0 Å². The molecule has 6 nitrogen and oxygen atoms in total. The molecule has 0 fully saturated rings. The van der Waals surface area contributed by atoms with Crippen LogP contribution in [0.15, 0.2) is 60.8 Å². The van der Waals surface area contributed by atoms with E-state index in [1.165, 1.54) is 5.56 Å². The van der Waals surface area contributed by atoms with E-state index >= 15 is 0 Å². The Morgan fingerprint density at radius 2 is 1.78 bits per heavy atom. The third-order valence-corrected chi connectivity index (χ3v) is 4.64. The van der Waals surface area contributed by atoms with E-state index in [1.54, 1.807) is 7.11 Å². The van der Waals surface area contributed by atoms with E-state index in [4.69, 9.17) is 9.72 Å². The Morgan fingerprint density at radius 1 is 1.04 bits per heavy atom. The van der Waals surface area contributed by atoms with Gasteiger partial charge in [-0.1, -0.05) is 37.3 Å². The lowest BCUT2D eigenvalue weighted by Crippen LogP contribution is -2.07. The predicted octanol–water partition coefficient (Wildman–Crippen LogP) is 4.34. The quantitative estimate of drug-likeness (QED) is 0.574. The second-order valence-corrected chi connectivity index (χ2v) is 6.42. The zero-order valence-electron chi connectivity index (χ0n) is 15.5. The Balaban J connectivity index is 1.70. The Labute approximate surface area is 157 Å². The van der Waals surface area contributed by atoms with Gasteiger partial charge in [0.25, 0.3) is 0 Å². The SMILES string of the molecule is COc1ccc(Nc2ncc3c(C)nc(C(C)c4ccccc4)n3n2)cc1. The minimum absolute atomic E-state index is 0.121. The fourth-order valence-corrected chi connectivity index (χ4v) is 3.08. The molecule has 0 bridgehead atoms. The van der Waals surface area contributed by atoms with Crippen molar-refractivity contribution in [1.82, 2.24) is 19.6 Å². The van der Waals surface area contributed by atoms with Crippen LogP contribution in [-0.2, 0) is 0 Å². The molecule has 2 heterocycles. The van der Waals surface area contributed by atoms with Crippen molar-refractivity contribution in [3.63, 3.8) is 0 Å². The third-order valence-electron chi connectivity index (χ3n) is 4.64. The maximum absolute atomic E-state index is 5.19. The highest BCUT2D eigenvalue weighted by Gasteiger charge is 2.18. The summed E-state index contributed by atoms with van der Waals surface area (Å²) in [6.07, 6.45) is 1.81. The highest BCUT2D eigenvalue weighted by molar-refractivity contribution is 5.57. The van der Waals surface area contributed by atoms with Crippen LogP contribution >= 0.6 is 0 Å². The summed E-state index contributed by atoms with van der Waals surface area (Å²) in [6, 6.07) is 18.0. The number of aryl methyl sites for hydroxylation is 1. The number of methoxy groups -OCH3 is 1. The lowest BCUT2D eigenvalue weighted by Gasteiger charge is -2.11. The molecule has 2 aromatic carbocycles. The number of nitrogens with one attached hydrogen (secondary N) is 1. The molecule has 1 atom stereocenters. The molecule has 0 aliphatic heterocycles. The number of hydrogen-bond donors (Lipinski definition) is 1. The second kappa shape index (κ2) is 7.07. The average Bonchev–Trinajstić information content (AvgIpc) is 3.04. The molecule has 0 spiro atoms. The molecule has 1 unspecified atom stereocenters. The standard InChI is InChI=1S/C21H21N5O/c1-14(16-7-5-4-6-8-16)20-23-15(2)19-13-22-21(25-26(19)20)24-17-9-11-18(27-3)12-10-17/h4-14H,1-3H3,(H,24,25). The van der Waals surface area contributed by atoms with Crippen molar-refractivity contribution in [2.75, 3.05) is 12.4 Å². The first-order valence-corrected chi connectivity index (χ1v) is 8.84. The Bertz CT molecular complexity index is 1060. The Morgan fingerprint density at radius 3 is 2.48 bits per heavy atom. The smallest absolute Gasteiger partial charge is 0.245 e. The Kier molecular flexibility index (Phi) is 4.46. The highest BCUT2D eigenvalue weighted by atomic mass is 16.5. The van der Waals surface area contributed by atoms with Crippen molar-refractivity contribution in [3.8, 4) is 5.75 Å². The van der Waals surface area contributed by atoms with Gasteiger partial charge in [-0.05, 0) is 36.8 Å². The molecule has 2 aromatic heterocycles. The van der Waals surface area contributed by atoms with Crippen LogP contribution in [0, 0.1) is 6.92 Å². The van der Waals surface area contributed by atoms with E-state index in [2.05, 4.69) is 34.5 Å². The van der Waals surface area contributed by atoms with Crippen molar-refractivity contribution in [3.05, 3.63) is 77.9 Å². The first-order valence-electron chi connectivity index (χ1n) is 8.84. The molecule has 0 saturated carbocycles. The van der Waals surface area contributed by atoms with Gasteiger partial charge < -0.3 is 10.1 Å². The molecule has 0 aliphatic rings. The van der Waals surface area contributed by atoms with Gasteiger partial charge in [0.2, 0.25) is 5.95 Å². The molecule has 0 aliphatic carbocycles. The van der Waals surface area contributed by atoms with Crippen molar-refractivity contribution in [2.24, 2.45) is 0 Å². The van der Waals surface area contributed by atoms with E-state index in [1.807, 2.05) is 60.1 Å². The van der Waals surface area contributed by atoms with E-state index in [0.29, 0.717) is 5.95 Å². The fourth-order valence-electron chi connectivity index (χ4n) is 3.08. The van der Waals surface area contributed by atoms with Crippen molar-refractivity contribution in [1.29, 1.82) is 0 Å². The minimum Gasteiger partial charge on any atom is -0.497 e. The summed E-state index contributed by atoms with van der Waals surface area (Å²) in [5.74, 6) is 2.35. The van der Waals surface area contributed by atoms with E-state index in [-0.39, 0.29) is 5.92 Å². The van der Waals surface area contributed by atoms with Crippen LogP contribution in [0.25, 0.3) is 5.52 Å². The number of rotatable bonds is 5. The molecule has 0 amide bonds. The first kappa shape index (κ1) is 17.0. The molecule has 0 saturated heterocycles. The summed E-state index contributed by atoms with van der Waals surface area (Å²) in [5.41, 5.74) is 3.93. The second-order valence-electron chi connectivity index (χ2n) is 6.42. The zero-order valence-corrected chi connectivity index (χ0v) is 15.5. The number of anilines is 2. The maximum Gasteiger partial charge on any atom is 0.245 e. The van der Waals surface area contributed by atoms with Gasteiger partial charge in [0.05, 0.1) is 19.0 Å². The number of aromatic nitrogens is 4. The van der Waals surface area contributed by atoms with Gasteiger partial charge in [0.15, 0.2) is 0 Å². The molecular weight excluding hydrogens is 338 g/mol. The van der Waals surface area contributed by atoms with Crippen LogP contribution in [0.3, 0.4) is 0 Å². The normalized spacial score (nSPS) is 12.1. The number of imidazole rings is 1. The van der Waals surface area contributed by atoms with Crippen LogP contribution in [0.1, 0.15) is 29.9 Å². The van der Waals surface area contributed by atoms with E-state index < -0.39 is 0 Å². The Hall–Kier alpha value is -3.41. The summed E-state index contributed by atoms with van der Waals surface area (Å²) in [7, 11) is 1.65. The van der Waals surface area contributed by atoms with Crippen molar-refractivity contribution >= 4 is 17.2 Å². The van der Waals surface area contributed by atoms with Crippen LogP contribution < -0.4 is 10.1 Å². The number of hydrogen-bond acceptors (Lipinski definition) is 5. The number of benzene rings is 2. The summed E-state index contributed by atoms with van der Waals surface area (Å²) < 4.78 is 7.07. The van der Waals surface area contributed by atoms with Gasteiger partial charge in [-0.15, -0.1) is 5.10 Å². The van der Waals surface area contributed by atoms with Crippen LogP contribution in [0.5, 0.6) is 5.75 Å².